The van der Waals surface area contributed by atoms with Gasteiger partial charge in [-0.1, -0.05) is 0 Å². The number of carbonyl (C=O) groups is 1. The molecule has 0 spiro atoms. The lowest BCUT2D eigenvalue weighted by Crippen LogP contribution is -2.14. The molecule has 0 radical (unpaired) electrons. The minimum atomic E-state index is -1.16. The van der Waals surface area contributed by atoms with Gasteiger partial charge in [-0.3, -0.25) is 10.1 Å². The van der Waals surface area contributed by atoms with Crippen molar-refractivity contribution in [2.24, 2.45) is 0 Å². The number of carboxylic acids is 1. The molecule has 0 saturated carbocycles. The molecule has 2 rings (SSSR count). The Bertz CT molecular complexity index is 698. The quantitative estimate of drug-likeness (QED) is 0.674. The largest absolute Gasteiger partial charge is 0.477 e. The van der Waals surface area contributed by atoms with Crippen molar-refractivity contribution in [3.63, 3.8) is 0 Å². The van der Waals surface area contributed by atoms with Gasteiger partial charge in [-0.15, -0.1) is 0 Å². The molecular weight excluding hydrogens is 276 g/mol. The Labute approximate surface area is 119 Å². The molecule has 0 saturated heterocycles. The van der Waals surface area contributed by atoms with Crippen molar-refractivity contribution in [3.8, 4) is 11.4 Å². The highest BCUT2D eigenvalue weighted by Gasteiger charge is 2.14. The number of aromatic nitrogens is 2. The van der Waals surface area contributed by atoms with E-state index in [2.05, 4.69) is 9.97 Å². The fraction of sp³-hybridized carbons (Fsp3) is 0.154. The summed E-state index contributed by atoms with van der Waals surface area (Å²) >= 11 is 0. The summed E-state index contributed by atoms with van der Waals surface area (Å²) in [6.45, 7) is 0. The Morgan fingerprint density at radius 3 is 2.33 bits per heavy atom. The van der Waals surface area contributed by atoms with E-state index in [4.69, 9.17) is 5.11 Å². The SMILES string of the molecule is CN(C)c1cc(C(=O)O)nc(-c2ccc([N+](=O)[O-])cc2)n1. The predicted octanol–water partition coefficient (Wildman–Crippen LogP) is 1.82. The van der Waals surface area contributed by atoms with Crippen LogP contribution in [0.5, 0.6) is 0 Å². The summed E-state index contributed by atoms with van der Waals surface area (Å²) in [5, 5.41) is 19.7. The molecule has 0 amide bonds. The van der Waals surface area contributed by atoms with Crippen LogP contribution in [0.15, 0.2) is 30.3 Å². The molecule has 0 aliphatic heterocycles. The van der Waals surface area contributed by atoms with Crippen molar-refractivity contribution in [2.45, 2.75) is 0 Å². The Hall–Kier alpha value is -3.03. The van der Waals surface area contributed by atoms with Crippen molar-refractivity contribution in [3.05, 3.63) is 46.1 Å². The van der Waals surface area contributed by atoms with Crippen molar-refractivity contribution < 1.29 is 14.8 Å². The monoisotopic (exact) mass is 288 g/mol. The van der Waals surface area contributed by atoms with Crippen LogP contribution in [0.2, 0.25) is 0 Å². The molecule has 0 aliphatic carbocycles. The molecule has 21 heavy (non-hydrogen) atoms. The number of hydrogen-bond donors (Lipinski definition) is 1. The van der Waals surface area contributed by atoms with Crippen molar-refractivity contribution in [1.29, 1.82) is 0 Å². The molecule has 0 atom stereocenters. The van der Waals surface area contributed by atoms with Gasteiger partial charge in [-0.25, -0.2) is 14.8 Å². The number of hydrogen-bond acceptors (Lipinski definition) is 6. The Morgan fingerprint density at radius 2 is 1.86 bits per heavy atom. The average Bonchev–Trinajstić information content (AvgIpc) is 2.46. The summed E-state index contributed by atoms with van der Waals surface area (Å²) in [7, 11) is 3.46. The lowest BCUT2D eigenvalue weighted by Gasteiger charge is -2.13. The molecule has 1 N–H and O–H groups in total. The van der Waals surface area contributed by atoms with E-state index in [0.29, 0.717) is 11.4 Å². The number of non-ortho nitro benzene ring substituents is 1. The minimum absolute atomic E-state index is 0.0547. The lowest BCUT2D eigenvalue weighted by molar-refractivity contribution is -0.384. The fourth-order valence-electron chi connectivity index (χ4n) is 1.63. The number of nitrogens with zero attached hydrogens (tertiary/aromatic N) is 4. The molecule has 108 valence electrons. The second-order valence-corrected chi connectivity index (χ2v) is 4.44. The lowest BCUT2D eigenvalue weighted by atomic mass is 10.2. The van der Waals surface area contributed by atoms with Crippen LogP contribution in [-0.2, 0) is 0 Å². The topological polar surface area (TPSA) is 109 Å². The van der Waals surface area contributed by atoms with Crippen LogP contribution in [0, 0.1) is 10.1 Å². The van der Waals surface area contributed by atoms with Gasteiger partial charge >= 0.3 is 5.97 Å². The normalized spacial score (nSPS) is 10.2. The van der Waals surface area contributed by atoms with E-state index in [-0.39, 0.29) is 17.2 Å². The van der Waals surface area contributed by atoms with Gasteiger partial charge in [0, 0.05) is 37.9 Å². The molecular formula is C13H12N4O4. The first-order valence-electron chi connectivity index (χ1n) is 5.93. The zero-order valence-electron chi connectivity index (χ0n) is 11.3. The zero-order valence-corrected chi connectivity index (χ0v) is 11.3. The van der Waals surface area contributed by atoms with E-state index in [1.54, 1.807) is 19.0 Å². The first-order chi connectivity index (χ1) is 9.88. The third kappa shape index (κ3) is 3.11. The summed E-state index contributed by atoms with van der Waals surface area (Å²) in [5.74, 6) is -0.520. The van der Waals surface area contributed by atoms with E-state index in [1.807, 2.05) is 0 Å². The smallest absolute Gasteiger partial charge is 0.354 e. The van der Waals surface area contributed by atoms with Crippen LogP contribution in [-0.4, -0.2) is 40.1 Å². The van der Waals surface area contributed by atoms with Crippen molar-refractivity contribution in [2.75, 3.05) is 19.0 Å². The predicted molar refractivity (Wildman–Crippen MR) is 75.4 cm³/mol. The van der Waals surface area contributed by atoms with E-state index in [0.717, 1.165) is 0 Å². The molecule has 2 aromatic rings. The maximum Gasteiger partial charge on any atom is 0.354 e. The molecule has 0 unspecified atom stereocenters. The Balaban J connectivity index is 2.51. The minimum Gasteiger partial charge on any atom is -0.477 e. The summed E-state index contributed by atoms with van der Waals surface area (Å²) in [6.07, 6.45) is 0. The summed E-state index contributed by atoms with van der Waals surface area (Å²) in [5.41, 5.74) is 0.315. The van der Waals surface area contributed by atoms with Crippen LogP contribution in [0.25, 0.3) is 11.4 Å². The van der Waals surface area contributed by atoms with Gasteiger partial charge in [0.05, 0.1) is 4.92 Å². The van der Waals surface area contributed by atoms with Gasteiger partial charge in [0.25, 0.3) is 5.69 Å². The summed E-state index contributed by atoms with van der Waals surface area (Å²) in [4.78, 5) is 31.1. The molecule has 0 aliphatic rings. The second kappa shape index (κ2) is 5.53. The van der Waals surface area contributed by atoms with Crippen molar-refractivity contribution in [1.82, 2.24) is 9.97 Å². The van der Waals surface area contributed by atoms with Gasteiger partial charge in [0.2, 0.25) is 0 Å². The number of benzene rings is 1. The first-order valence-corrected chi connectivity index (χ1v) is 5.93. The van der Waals surface area contributed by atoms with Gasteiger partial charge in [-0.05, 0) is 12.1 Å². The van der Waals surface area contributed by atoms with Gasteiger partial charge < -0.3 is 10.0 Å². The number of aromatic carboxylic acids is 1. The van der Waals surface area contributed by atoms with Crippen LogP contribution in [0.3, 0.4) is 0 Å². The Morgan fingerprint density at radius 1 is 1.24 bits per heavy atom. The number of nitro groups is 1. The highest BCUT2D eigenvalue weighted by Crippen LogP contribution is 2.22. The molecule has 8 nitrogen and oxygen atoms in total. The molecule has 1 heterocycles. The number of anilines is 1. The first kappa shape index (κ1) is 14.4. The van der Waals surface area contributed by atoms with E-state index < -0.39 is 10.9 Å². The fourth-order valence-corrected chi connectivity index (χ4v) is 1.63. The van der Waals surface area contributed by atoms with Crippen LogP contribution in [0.4, 0.5) is 11.5 Å². The van der Waals surface area contributed by atoms with E-state index >= 15 is 0 Å². The molecule has 1 aromatic carbocycles. The molecule has 1 aromatic heterocycles. The number of nitro benzene ring substituents is 1. The van der Waals surface area contributed by atoms with Gasteiger partial charge in [-0.2, -0.15) is 0 Å². The standard InChI is InChI=1S/C13H12N4O4/c1-16(2)11-7-10(13(18)19)14-12(15-11)8-3-5-9(6-4-8)17(20)21/h3-7H,1-2H3,(H,18,19). The zero-order chi connectivity index (χ0) is 15.6. The molecule has 8 heteroatoms. The number of rotatable bonds is 4. The third-order valence-corrected chi connectivity index (χ3v) is 2.73. The van der Waals surface area contributed by atoms with Crippen LogP contribution >= 0.6 is 0 Å². The van der Waals surface area contributed by atoms with Gasteiger partial charge in [0.1, 0.15) is 5.82 Å². The summed E-state index contributed by atoms with van der Waals surface area (Å²) in [6, 6.07) is 6.97. The van der Waals surface area contributed by atoms with E-state index in [1.165, 1.54) is 30.3 Å². The van der Waals surface area contributed by atoms with E-state index in [9.17, 15) is 14.9 Å². The Kier molecular flexibility index (Phi) is 3.79. The number of carboxylic acid groups (broad SMARTS) is 1. The second-order valence-electron chi connectivity index (χ2n) is 4.44. The van der Waals surface area contributed by atoms with Crippen molar-refractivity contribution >= 4 is 17.5 Å². The third-order valence-electron chi connectivity index (χ3n) is 2.73. The van der Waals surface area contributed by atoms with Crippen LogP contribution < -0.4 is 4.90 Å². The molecule has 0 bridgehead atoms. The maximum atomic E-state index is 11.1. The average molecular weight is 288 g/mol. The maximum absolute atomic E-state index is 11.1. The van der Waals surface area contributed by atoms with Gasteiger partial charge in [0.15, 0.2) is 11.5 Å². The molecule has 0 fully saturated rings. The highest BCUT2D eigenvalue weighted by molar-refractivity contribution is 5.87. The summed E-state index contributed by atoms with van der Waals surface area (Å²) < 4.78 is 0. The van der Waals surface area contributed by atoms with Crippen LogP contribution in [0.1, 0.15) is 10.5 Å². The highest BCUT2D eigenvalue weighted by atomic mass is 16.6.